The molecule has 21 heavy (non-hydrogen) atoms. The molecule has 0 bridgehead atoms. The van der Waals surface area contributed by atoms with Crippen molar-refractivity contribution in [2.45, 2.75) is 31.2 Å². The molecule has 0 aromatic heterocycles. The van der Waals surface area contributed by atoms with Gasteiger partial charge in [-0.05, 0) is 56.2 Å². The van der Waals surface area contributed by atoms with Crippen molar-refractivity contribution in [3.05, 3.63) is 48.5 Å². The Labute approximate surface area is 126 Å². The highest BCUT2D eigenvalue weighted by atomic mass is 32.2. The summed E-state index contributed by atoms with van der Waals surface area (Å²) < 4.78 is 27.4. The number of rotatable bonds is 3. The minimum atomic E-state index is -3.53. The van der Waals surface area contributed by atoms with E-state index < -0.39 is 15.6 Å². The lowest BCUT2D eigenvalue weighted by molar-refractivity contribution is 0.491. The molecule has 3 N–H and O–H groups in total. The first kappa shape index (κ1) is 15.5. The summed E-state index contributed by atoms with van der Waals surface area (Å²) in [4.78, 5) is 0.256. The maximum Gasteiger partial charge on any atom is 0.241 e. The van der Waals surface area contributed by atoms with E-state index in [1.807, 2.05) is 39.0 Å². The Bertz CT molecular complexity index is 730. The van der Waals surface area contributed by atoms with E-state index in [9.17, 15) is 8.42 Å². The minimum Gasteiger partial charge on any atom is -0.399 e. The highest BCUT2D eigenvalue weighted by molar-refractivity contribution is 7.89. The monoisotopic (exact) mass is 304 g/mol. The molecule has 0 atom stereocenters. The van der Waals surface area contributed by atoms with Gasteiger partial charge in [-0.1, -0.05) is 24.3 Å². The van der Waals surface area contributed by atoms with E-state index in [2.05, 4.69) is 4.72 Å². The Balaban J connectivity index is 2.40. The molecule has 0 unspecified atom stereocenters. The zero-order valence-electron chi connectivity index (χ0n) is 12.4. The third kappa shape index (κ3) is 4.06. The summed E-state index contributed by atoms with van der Waals surface area (Å²) in [5, 5.41) is 0. The molecule has 0 radical (unpaired) electrons. The van der Waals surface area contributed by atoms with Crippen molar-refractivity contribution in [1.82, 2.24) is 4.72 Å². The number of nitrogen functional groups attached to an aromatic ring is 1. The quantitative estimate of drug-likeness (QED) is 0.856. The number of benzene rings is 2. The molecule has 0 amide bonds. The van der Waals surface area contributed by atoms with Crippen LogP contribution in [0.3, 0.4) is 0 Å². The fourth-order valence-corrected chi connectivity index (χ4v) is 3.44. The van der Waals surface area contributed by atoms with Gasteiger partial charge in [0, 0.05) is 11.2 Å². The second kappa shape index (κ2) is 5.50. The van der Waals surface area contributed by atoms with E-state index in [0.717, 1.165) is 11.1 Å². The van der Waals surface area contributed by atoms with Crippen LogP contribution in [-0.2, 0) is 10.0 Å². The molecule has 0 aliphatic rings. The van der Waals surface area contributed by atoms with Crippen molar-refractivity contribution in [3.63, 3.8) is 0 Å². The molecule has 0 saturated carbocycles. The van der Waals surface area contributed by atoms with Crippen LogP contribution < -0.4 is 10.5 Å². The topological polar surface area (TPSA) is 72.2 Å². The first-order valence-electron chi connectivity index (χ1n) is 6.67. The van der Waals surface area contributed by atoms with E-state index in [1.54, 1.807) is 30.3 Å². The SMILES string of the molecule is CC(C)(C)NS(=O)(=O)c1cccc(-c2ccc(N)cc2)c1. The molecule has 2 rings (SSSR count). The van der Waals surface area contributed by atoms with Gasteiger partial charge in [-0.3, -0.25) is 0 Å². The average Bonchev–Trinajstić information content (AvgIpc) is 2.37. The predicted octanol–water partition coefficient (Wildman–Crippen LogP) is 3.01. The van der Waals surface area contributed by atoms with Crippen LogP contribution in [0.15, 0.2) is 53.4 Å². The van der Waals surface area contributed by atoms with Crippen LogP contribution in [-0.4, -0.2) is 14.0 Å². The third-order valence-corrected chi connectivity index (χ3v) is 4.58. The molecular formula is C16H20N2O2S. The number of nitrogens with one attached hydrogen (secondary N) is 1. The average molecular weight is 304 g/mol. The second-order valence-corrected chi connectivity index (χ2v) is 7.69. The summed E-state index contributed by atoms with van der Waals surface area (Å²) in [5.74, 6) is 0. The molecule has 0 aliphatic carbocycles. The van der Waals surface area contributed by atoms with Gasteiger partial charge in [-0.25, -0.2) is 13.1 Å². The van der Waals surface area contributed by atoms with Crippen molar-refractivity contribution in [3.8, 4) is 11.1 Å². The Kier molecular flexibility index (Phi) is 4.07. The maximum absolute atomic E-state index is 12.4. The summed E-state index contributed by atoms with van der Waals surface area (Å²) >= 11 is 0. The molecule has 0 aliphatic heterocycles. The van der Waals surface area contributed by atoms with Crippen molar-refractivity contribution in [2.24, 2.45) is 0 Å². The fraction of sp³-hybridized carbons (Fsp3) is 0.250. The highest BCUT2D eigenvalue weighted by Gasteiger charge is 2.22. The van der Waals surface area contributed by atoms with Crippen LogP contribution in [0.5, 0.6) is 0 Å². The highest BCUT2D eigenvalue weighted by Crippen LogP contribution is 2.24. The molecule has 2 aromatic rings. The molecule has 0 spiro atoms. The van der Waals surface area contributed by atoms with Gasteiger partial charge in [-0.15, -0.1) is 0 Å². The number of hydrogen-bond acceptors (Lipinski definition) is 3. The Morgan fingerprint density at radius 2 is 1.57 bits per heavy atom. The third-order valence-electron chi connectivity index (χ3n) is 2.83. The zero-order valence-corrected chi connectivity index (χ0v) is 13.2. The van der Waals surface area contributed by atoms with Crippen molar-refractivity contribution >= 4 is 15.7 Å². The van der Waals surface area contributed by atoms with E-state index in [0.29, 0.717) is 5.69 Å². The largest absolute Gasteiger partial charge is 0.399 e. The molecule has 0 fully saturated rings. The van der Waals surface area contributed by atoms with Gasteiger partial charge in [0.15, 0.2) is 0 Å². The second-order valence-electron chi connectivity index (χ2n) is 6.01. The number of anilines is 1. The van der Waals surface area contributed by atoms with Crippen LogP contribution in [0.1, 0.15) is 20.8 Å². The van der Waals surface area contributed by atoms with Gasteiger partial charge in [0.25, 0.3) is 0 Å². The molecule has 0 saturated heterocycles. The van der Waals surface area contributed by atoms with Gasteiger partial charge >= 0.3 is 0 Å². The van der Waals surface area contributed by atoms with Crippen LogP contribution >= 0.6 is 0 Å². The summed E-state index contributed by atoms with van der Waals surface area (Å²) in [6.45, 7) is 5.44. The number of hydrogen-bond donors (Lipinski definition) is 2. The summed E-state index contributed by atoms with van der Waals surface area (Å²) in [6, 6.07) is 14.2. The molecule has 112 valence electrons. The standard InChI is InChI=1S/C16H20N2O2S/c1-16(2,3)18-21(19,20)15-6-4-5-13(11-15)12-7-9-14(17)10-8-12/h4-11,18H,17H2,1-3H3. The van der Waals surface area contributed by atoms with E-state index in [1.165, 1.54) is 0 Å². The Morgan fingerprint density at radius 3 is 2.14 bits per heavy atom. The van der Waals surface area contributed by atoms with Crippen molar-refractivity contribution < 1.29 is 8.42 Å². The normalized spacial score (nSPS) is 12.3. The van der Waals surface area contributed by atoms with E-state index in [4.69, 9.17) is 5.73 Å². The van der Waals surface area contributed by atoms with Gasteiger partial charge in [0.05, 0.1) is 4.90 Å². The lowest BCUT2D eigenvalue weighted by atomic mass is 10.1. The van der Waals surface area contributed by atoms with Crippen molar-refractivity contribution in [2.75, 3.05) is 5.73 Å². The predicted molar refractivity (Wildman–Crippen MR) is 86.4 cm³/mol. The first-order valence-corrected chi connectivity index (χ1v) is 8.16. The maximum atomic E-state index is 12.4. The molecular weight excluding hydrogens is 284 g/mol. The number of sulfonamides is 1. The van der Waals surface area contributed by atoms with Gasteiger partial charge < -0.3 is 5.73 Å². The minimum absolute atomic E-state index is 0.256. The molecule has 4 nitrogen and oxygen atoms in total. The van der Waals surface area contributed by atoms with E-state index >= 15 is 0 Å². The van der Waals surface area contributed by atoms with Gasteiger partial charge in [-0.2, -0.15) is 0 Å². The first-order chi connectivity index (χ1) is 9.67. The zero-order chi connectivity index (χ0) is 15.7. The molecule has 2 aromatic carbocycles. The number of nitrogens with two attached hydrogens (primary N) is 1. The van der Waals surface area contributed by atoms with Crippen LogP contribution in [0.2, 0.25) is 0 Å². The lowest BCUT2D eigenvalue weighted by Crippen LogP contribution is -2.40. The van der Waals surface area contributed by atoms with Crippen LogP contribution in [0.4, 0.5) is 5.69 Å². The summed E-state index contributed by atoms with van der Waals surface area (Å²) in [6.07, 6.45) is 0. The molecule has 5 heteroatoms. The van der Waals surface area contributed by atoms with Crippen molar-refractivity contribution in [1.29, 1.82) is 0 Å². The fourth-order valence-electron chi connectivity index (χ4n) is 1.98. The summed E-state index contributed by atoms with van der Waals surface area (Å²) in [5.41, 5.74) is 7.59. The summed E-state index contributed by atoms with van der Waals surface area (Å²) in [7, 11) is -3.53. The Hall–Kier alpha value is -1.85. The van der Waals surface area contributed by atoms with Gasteiger partial charge in [0.1, 0.15) is 0 Å². The smallest absolute Gasteiger partial charge is 0.241 e. The molecule has 0 heterocycles. The van der Waals surface area contributed by atoms with Crippen LogP contribution in [0, 0.1) is 0 Å². The van der Waals surface area contributed by atoms with E-state index in [-0.39, 0.29) is 4.90 Å². The van der Waals surface area contributed by atoms with Gasteiger partial charge in [0.2, 0.25) is 10.0 Å². The van der Waals surface area contributed by atoms with Crippen LogP contribution in [0.25, 0.3) is 11.1 Å². The lowest BCUT2D eigenvalue weighted by Gasteiger charge is -2.20. The Morgan fingerprint density at radius 1 is 0.952 bits per heavy atom.